The summed E-state index contributed by atoms with van der Waals surface area (Å²) in [7, 11) is 0. The van der Waals surface area contributed by atoms with Gasteiger partial charge in [-0.3, -0.25) is 0 Å². The molecule has 1 heterocycles. The smallest absolute Gasteiger partial charge is 0.0434 e. The van der Waals surface area contributed by atoms with E-state index in [1.165, 1.54) is 53.6 Å². The lowest BCUT2D eigenvalue weighted by Gasteiger charge is -2.12. The predicted molar refractivity (Wildman–Crippen MR) is 136 cm³/mol. The van der Waals surface area contributed by atoms with E-state index in [0.717, 1.165) is 0 Å². The quantitative estimate of drug-likeness (QED) is 0.272. The highest BCUT2D eigenvalue weighted by molar-refractivity contribution is 7.21. The first-order valence-corrected chi connectivity index (χ1v) is 11.4. The van der Waals surface area contributed by atoms with Crippen LogP contribution in [0.2, 0.25) is 0 Å². The molecule has 0 N–H and O–H groups in total. The highest BCUT2D eigenvalue weighted by Gasteiger charge is 2.17. The Bertz CT molecular complexity index is 1520. The second-order valence-corrected chi connectivity index (χ2v) is 8.76. The molecule has 31 heavy (non-hydrogen) atoms. The first-order valence-electron chi connectivity index (χ1n) is 10.5. The minimum Gasteiger partial charge on any atom is -0.134 e. The highest BCUT2D eigenvalue weighted by Crippen LogP contribution is 2.47. The molecule has 6 rings (SSSR count). The van der Waals surface area contributed by atoms with Crippen molar-refractivity contribution in [2.75, 3.05) is 0 Å². The Hall–Kier alpha value is -3.68. The van der Waals surface area contributed by atoms with Crippen LogP contribution in [0.15, 0.2) is 121 Å². The highest BCUT2D eigenvalue weighted by atomic mass is 32.1. The molecule has 6 aromatic rings. The number of thiophene rings is 1. The first kappa shape index (κ1) is 18.1. The molecule has 0 aliphatic carbocycles. The maximum atomic E-state index is 2.27. The van der Waals surface area contributed by atoms with E-state index in [1.807, 2.05) is 11.3 Å². The molecule has 0 unspecified atom stereocenters. The first-order chi connectivity index (χ1) is 15.4. The van der Waals surface area contributed by atoms with Gasteiger partial charge in [-0.15, -0.1) is 11.3 Å². The van der Waals surface area contributed by atoms with Crippen LogP contribution >= 0.6 is 11.3 Å². The fraction of sp³-hybridized carbons (Fsp3) is 0. The van der Waals surface area contributed by atoms with Crippen molar-refractivity contribution < 1.29 is 0 Å². The third-order valence-corrected chi connectivity index (χ3v) is 7.21. The van der Waals surface area contributed by atoms with Crippen molar-refractivity contribution in [3.8, 4) is 32.0 Å². The lowest BCUT2D eigenvalue weighted by atomic mass is 9.93. The molecular weight excluding hydrogens is 392 g/mol. The summed E-state index contributed by atoms with van der Waals surface area (Å²) in [4.78, 5) is 2.66. The largest absolute Gasteiger partial charge is 0.134 e. The number of benzene rings is 5. The summed E-state index contributed by atoms with van der Waals surface area (Å²) in [6.45, 7) is 0. The molecule has 0 saturated carbocycles. The third kappa shape index (κ3) is 3.06. The molecule has 5 aromatic carbocycles. The van der Waals surface area contributed by atoms with Crippen molar-refractivity contribution in [3.05, 3.63) is 121 Å². The Balaban J connectivity index is 1.64. The zero-order valence-electron chi connectivity index (χ0n) is 17.0. The lowest BCUT2D eigenvalue weighted by Crippen LogP contribution is -1.85. The van der Waals surface area contributed by atoms with Gasteiger partial charge in [0.1, 0.15) is 0 Å². The summed E-state index contributed by atoms with van der Waals surface area (Å²) in [5.74, 6) is 0. The molecule has 1 aromatic heterocycles. The molecule has 0 atom stereocenters. The van der Waals surface area contributed by atoms with E-state index in [1.54, 1.807) is 0 Å². The molecule has 0 nitrogen and oxygen atoms in total. The van der Waals surface area contributed by atoms with E-state index in [9.17, 15) is 0 Å². The van der Waals surface area contributed by atoms with Crippen molar-refractivity contribution in [1.29, 1.82) is 0 Å². The molecule has 0 fully saturated rings. The number of fused-ring (bicyclic) bond motifs is 2. The summed E-state index contributed by atoms with van der Waals surface area (Å²) >= 11 is 1.89. The van der Waals surface area contributed by atoms with Gasteiger partial charge in [-0.1, -0.05) is 121 Å². The van der Waals surface area contributed by atoms with Crippen LogP contribution < -0.4 is 0 Å². The Morgan fingerprint density at radius 3 is 1.71 bits per heavy atom. The van der Waals surface area contributed by atoms with Gasteiger partial charge in [0.25, 0.3) is 0 Å². The standard InChI is InChI=1S/C30H20S/c1-2-12-22(13-3-1)29-27-18-8-9-19-28(27)30(31-29)26-17-7-6-16-25(26)24-20-10-14-21-11-4-5-15-23(21)24/h1-20H. The normalized spacial score (nSPS) is 11.2. The number of hydrogen-bond donors (Lipinski definition) is 0. The maximum absolute atomic E-state index is 2.27. The number of rotatable bonds is 3. The molecule has 0 aliphatic heterocycles. The fourth-order valence-corrected chi connectivity index (χ4v) is 5.79. The second-order valence-electron chi connectivity index (χ2n) is 7.74. The predicted octanol–water partition coefficient (Wildman–Crippen LogP) is 9.06. The van der Waals surface area contributed by atoms with Crippen molar-refractivity contribution in [2.45, 2.75) is 0 Å². The van der Waals surface area contributed by atoms with Gasteiger partial charge in [-0.25, -0.2) is 0 Å². The summed E-state index contributed by atoms with van der Waals surface area (Å²) in [6.07, 6.45) is 0. The summed E-state index contributed by atoms with van der Waals surface area (Å²) in [6, 6.07) is 43.6. The Labute approximate surface area is 186 Å². The molecular formula is C30H20S. The van der Waals surface area contributed by atoms with Gasteiger partial charge in [0, 0.05) is 26.1 Å². The van der Waals surface area contributed by atoms with E-state index in [0.29, 0.717) is 0 Å². The van der Waals surface area contributed by atoms with Gasteiger partial charge in [0.2, 0.25) is 0 Å². The zero-order chi connectivity index (χ0) is 20.6. The molecule has 1 heteroatoms. The minimum atomic E-state index is 1.27. The van der Waals surface area contributed by atoms with Crippen molar-refractivity contribution in [2.24, 2.45) is 0 Å². The summed E-state index contributed by atoms with van der Waals surface area (Å²) in [5.41, 5.74) is 5.14. The number of hydrogen-bond acceptors (Lipinski definition) is 1. The Morgan fingerprint density at radius 1 is 0.355 bits per heavy atom. The second kappa shape index (κ2) is 7.54. The molecule has 0 spiro atoms. The van der Waals surface area contributed by atoms with E-state index in [4.69, 9.17) is 0 Å². The Kier molecular flexibility index (Phi) is 4.40. The van der Waals surface area contributed by atoms with Gasteiger partial charge in [0.15, 0.2) is 0 Å². The monoisotopic (exact) mass is 412 g/mol. The molecule has 0 saturated heterocycles. The SMILES string of the molecule is c1ccc(-c2sc(-c3ccccc3-c3cccc4ccccc34)c3ccccc23)cc1. The van der Waals surface area contributed by atoms with Crippen LogP contribution in [0.4, 0.5) is 0 Å². The van der Waals surface area contributed by atoms with Crippen LogP contribution in [0.25, 0.3) is 53.6 Å². The van der Waals surface area contributed by atoms with Crippen LogP contribution in [0.3, 0.4) is 0 Å². The summed E-state index contributed by atoms with van der Waals surface area (Å²) in [5, 5.41) is 5.21. The van der Waals surface area contributed by atoms with Crippen LogP contribution in [0.1, 0.15) is 0 Å². The van der Waals surface area contributed by atoms with Gasteiger partial charge in [-0.05, 0) is 27.5 Å². The van der Waals surface area contributed by atoms with Crippen molar-refractivity contribution >= 4 is 32.9 Å². The van der Waals surface area contributed by atoms with Crippen molar-refractivity contribution in [3.63, 3.8) is 0 Å². The topological polar surface area (TPSA) is 0 Å². The van der Waals surface area contributed by atoms with Crippen LogP contribution in [-0.2, 0) is 0 Å². The van der Waals surface area contributed by atoms with E-state index in [2.05, 4.69) is 121 Å². The fourth-order valence-electron chi connectivity index (χ4n) is 4.47. The molecule has 0 aliphatic rings. The average Bonchev–Trinajstić information content (AvgIpc) is 3.24. The average molecular weight is 413 g/mol. The van der Waals surface area contributed by atoms with Crippen molar-refractivity contribution in [1.82, 2.24) is 0 Å². The van der Waals surface area contributed by atoms with Gasteiger partial charge in [0.05, 0.1) is 0 Å². The van der Waals surface area contributed by atoms with Gasteiger partial charge < -0.3 is 0 Å². The molecule has 0 amide bonds. The Morgan fingerprint density at radius 2 is 0.903 bits per heavy atom. The molecule has 0 radical (unpaired) electrons. The van der Waals surface area contributed by atoms with Gasteiger partial charge >= 0.3 is 0 Å². The molecule has 146 valence electrons. The summed E-state index contributed by atoms with van der Waals surface area (Å²) < 4.78 is 0. The van der Waals surface area contributed by atoms with E-state index >= 15 is 0 Å². The lowest BCUT2D eigenvalue weighted by molar-refractivity contribution is 1.65. The third-order valence-electron chi connectivity index (χ3n) is 5.91. The van der Waals surface area contributed by atoms with Crippen LogP contribution in [0, 0.1) is 0 Å². The van der Waals surface area contributed by atoms with E-state index in [-0.39, 0.29) is 0 Å². The van der Waals surface area contributed by atoms with Crippen LogP contribution in [-0.4, -0.2) is 0 Å². The van der Waals surface area contributed by atoms with Crippen LogP contribution in [0.5, 0.6) is 0 Å². The minimum absolute atomic E-state index is 1.27. The van der Waals surface area contributed by atoms with Gasteiger partial charge in [-0.2, -0.15) is 0 Å². The maximum Gasteiger partial charge on any atom is 0.0434 e. The van der Waals surface area contributed by atoms with E-state index < -0.39 is 0 Å². The molecule has 0 bridgehead atoms. The zero-order valence-corrected chi connectivity index (χ0v) is 17.8.